The molecule has 3 aromatic carbocycles. The Morgan fingerprint density at radius 2 is 1.69 bits per heavy atom. The summed E-state index contributed by atoms with van der Waals surface area (Å²) in [6.07, 6.45) is 10.4. The first-order chi connectivity index (χ1) is 34.4. The van der Waals surface area contributed by atoms with Gasteiger partial charge in [0.25, 0.3) is 21.6 Å². The SMILES string of the molecule is Cc1ccccc1[C@@H]1C[C@@](C)(O)CCN1C1CC2(CCN(c3ccc(C(=O)NS(=O)(=O)c4ccc(NCC5CCC(C)(O)CC5)c([N+](=O)[O-])c4)c(N4c5cc6cc[nH]c6nc5O[C@H]5COCC[C@@H]54)c3)CC2)C1. The van der Waals surface area contributed by atoms with Crippen LogP contribution >= 0.6 is 0 Å². The second kappa shape index (κ2) is 18.6. The number of nitro groups is 1. The molecule has 72 heavy (non-hydrogen) atoms. The summed E-state index contributed by atoms with van der Waals surface area (Å²) in [5.41, 5.74) is 3.86. The first-order valence-electron chi connectivity index (χ1n) is 25.7. The van der Waals surface area contributed by atoms with E-state index in [-0.39, 0.29) is 34.7 Å². The van der Waals surface area contributed by atoms with E-state index >= 15 is 0 Å². The number of carbonyl (C=O) groups excluding carboxylic acids is 1. The Balaban J connectivity index is 0.866. The lowest BCUT2D eigenvalue weighted by molar-refractivity contribution is -0.384. The molecule has 2 aromatic heterocycles. The fraction of sp³-hybridized carbons (Fsp3) is 0.519. The number of aryl methyl sites for hydroxylation is 1. The number of carbonyl (C=O) groups is 1. The predicted molar refractivity (Wildman–Crippen MR) is 275 cm³/mol. The largest absolute Gasteiger partial charge is 0.468 e. The molecule has 17 nitrogen and oxygen atoms in total. The minimum atomic E-state index is -4.63. The van der Waals surface area contributed by atoms with Crippen molar-refractivity contribution in [2.45, 2.75) is 132 Å². The number of pyridine rings is 1. The van der Waals surface area contributed by atoms with Gasteiger partial charge >= 0.3 is 0 Å². The van der Waals surface area contributed by atoms with Gasteiger partial charge < -0.3 is 39.8 Å². The number of anilines is 4. The van der Waals surface area contributed by atoms with Crippen LogP contribution in [0.2, 0.25) is 0 Å². The second-order valence-electron chi connectivity index (χ2n) is 22.2. The van der Waals surface area contributed by atoms with E-state index in [2.05, 4.69) is 60.9 Å². The van der Waals surface area contributed by atoms with E-state index in [0.717, 1.165) is 81.7 Å². The lowest BCUT2D eigenvalue weighted by atomic mass is 9.59. The molecular formula is C54H66N8O9S. The highest BCUT2D eigenvalue weighted by Crippen LogP contribution is 2.55. The monoisotopic (exact) mass is 1000 g/mol. The summed E-state index contributed by atoms with van der Waals surface area (Å²) in [6, 6.07) is 22.0. The number of aromatic nitrogens is 2. The number of H-pyrrole nitrogens is 1. The van der Waals surface area contributed by atoms with Crippen molar-refractivity contribution in [2.24, 2.45) is 11.3 Å². The highest BCUT2D eigenvalue weighted by Gasteiger charge is 2.51. The number of aliphatic hydroxyl groups is 2. The third kappa shape index (κ3) is 9.40. The topological polar surface area (TPSA) is 216 Å². The number of fused-ring (bicyclic) bond motifs is 3. The summed E-state index contributed by atoms with van der Waals surface area (Å²) >= 11 is 0. The number of hydrogen-bond acceptors (Lipinski definition) is 14. The Kier molecular flexibility index (Phi) is 12.5. The van der Waals surface area contributed by atoms with Gasteiger partial charge in [-0.3, -0.25) is 19.8 Å². The molecule has 1 amide bonds. The lowest BCUT2D eigenvalue weighted by Crippen LogP contribution is -2.58. The van der Waals surface area contributed by atoms with Gasteiger partial charge in [0.05, 0.1) is 44.9 Å². The van der Waals surface area contributed by atoms with Gasteiger partial charge in [-0.05, 0) is 156 Å². The van der Waals surface area contributed by atoms with Gasteiger partial charge in [-0.2, -0.15) is 4.98 Å². The molecule has 1 spiro atoms. The van der Waals surface area contributed by atoms with Gasteiger partial charge in [-0.1, -0.05) is 24.3 Å². The molecule has 2 aliphatic carbocycles. The molecule has 4 atom stereocenters. The number of nitrogens with zero attached hydrogens (tertiary/aromatic N) is 5. The van der Waals surface area contributed by atoms with Crippen LogP contribution in [0.3, 0.4) is 0 Å². The number of hydrogen-bond donors (Lipinski definition) is 5. The Hall–Kier alpha value is -5.79. The van der Waals surface area contributed by atoms with Crippen molar-refractivity contribution in [3.05, 3.63) is 106 Å². The molecule has 5 aromatic rings. The van der Waals surface area contributed by atoms with Gasteiger partial charge in [-0.15, -0.1) is 0 Å². The average molecular weight is 1000 g/mol. The highest BCUT2D eigenvalue weighted by atomic mass is 32.2. The number of nitro benzene ring substituents is 1. The fourth-order valence-electron chi connectivity index (χ4n) is 12.7. The molecule has 0 bridgehead atoms. The molecule has 0 radical (unpaired) electrons. The minimum Gasteiger partial charge on any atom is -0.468 e. The highest BCUT2D eigenvalue weighted by molar-refractivity contribution is 7.90. The number of aromatic amines is 1. The van der Waals surface area contributed by atoms with Crippen molar-refractivity contribution in [1.82, 2.24) is 19.6 Å². The molecule has 5 fully saturated rings. The van der Waals surface area contributed by atoms with Gasteiger partial charge in [0.1, 0.15) is 23.1 Å². The predicted octanol–water partition coefficient (Wildman–Crippen LogP) is 8.28. The van der Waals surface area contributed by atoms with Crippen LogP contribution in [0.25, 0.3) is 11.0 Å². The van der Waals surface area contributed by atoms with Crippen LogP contribution in [-0.2, 0) is 14.8 Å². The van der Waals surface area contributed by atoms with E-state index in [1.54, 1.807) is 12.3 Å². The number of rotatable bonds is 11. The zero-order valence-corrected chi connectivity index (χ0v) is 42.1. The molecule has 3 saturated heterocycles. The first kappa shape index (κ1) is 48.5. The maximum absolute atomic E-state index is 14.7. The quantitative estimate of drug-likeness (QED) is 0.0622. The Bertz CT molecular complexity index is 2990. The fourth-order valence-corrected chi connectivity index (χ4v) is 13.7. The Morgan fingerprint density at radius 1 is 0.917 bits per heavy atom. The van der Waals surface area contributed by atoms with Crippen LogP contribution in [0.5, 0.6) is 5.88 Å². The van der Waals surface area contributed by atoms with Crippen molar-refractivity contribution >= 4 is 55.4 Å². The van der Waals surface area contributed by atoms with Crippen LogP contribution in [0, 0.1) is 28.4 Å². The number of ether oxygens (including phenoxy) is 2. The standard InChI is InChI=1S/C54H66N8O9S/c1-34-6-4-5-7-40(34)47-31-53(3,65)18-24-60(47)38-29-54(30-38)19-22-59(23-20-54)37-8-10-41(44(27-37)61-43-15-25-70-33-48(43)71-51-46(61)26-36-14-21-55-49(36)57-51)50(63)58-72(68,69)39-9-11-42(45(28-39)62(66)67)56-32-35-12-16-52(2,64)17-13-35/h4-11,14,21,26-28,35,38,43,47-48,56,64-65H,12-13,15-20,22-25,29-33H2,1-3H3,(H,55,57)(H,58,63)/t35?,43-,47-,48-,52?,53-/m0/s1. The summed E-state index contributed by atoms with van der Waals surface area (Å²) in [7, 11) is -4.63. The molecule has 4 aliphatic heterocycles. The van der Waals surface area contributed by atoms with Crippen molar-refractivity contribution in [3.63, 3.8) is 0 Å². The lowest BCUT2D eigenvalue weighted by Gasteiger charge is -2.58. The number of benzene rings is 3. The maximum atomic E-state index is 14.7. The van der Waals surface area contributed by atoms with Crippen LogP contribution in [0.15, 0.2) is 83.9 Å². The van der Waals surface area contributed by atoms with E-state index in [1.807, 2.05) is 38.1 Å². The molecule has 18 heteroatoms. The maximum Gasteiger partial charge on any atom is 0.293 e. The zero-order valence-electron chi connectivity index (χ0n) is 41.3. The molecule has 2 saturated carbocycles. The Labute approximate surface area is 420 Å². The van der Waals surface area contributed by atoms with Gasteiger partial charge in [0.2, 0.25) is 5.88 Å². The van der Waals surface area contributed by atoms with Crippen molar-refractivity contribution in [1.29, 1.82) is 0 Å². The third-order valence-corrected chi connectivity index (χ3v) is 18.4. The molecule has 6 aliphatic rings. The second-order valence-corrected chi connectivity index (χ2v) is 23.9. The average Bonchev–Trinajstić information content (AvgIpc) is 3.81. The van der Waals surface area contributed by atoms with Crippen LogP contribution < -0.4 is 24.6 Å². The molecule has 0 unspecified atom stereocenters. The number of piperidine rings is 2. The van der Waals surface area contributed by atoms with E-state index in [9.17, 15) is 33.5 Å². The zero-order chi connectivity index (χ0) is 50.2. The van der Waals surface area contributed by atoms with E-state index < -0.39 is 48.7 Å². The Morgan fingerprint density at radius 3 is 2.46 bits per heavy atom. The van der Waals surface area contributed by atoms with Crippen LogP contribution in [-0.4, -0.2) is 113 Å². The summed E-state index contributed by atoms with van der Waals surface area (Å²) in [5, 5.41) is 38.0. The normalized spacial score (nSPS) is 27.6. The third-order valence-electron chi connectivity index (χ3n) is 17.0. The van der Waals surface area contributed by atoms with Crippen molar-refractivity contribution < 1.29 is 37.8 Å². The molecule has 11 rings (SSSR count). The number of amides is 1. The number of nitrogens with one attached hydrogen (secondary N) is 3. The van der Waals surface area contributed by atoms with E-state index in [0.29, 0.717) is 74.4 Å². The molecule has 5 N–H and O–H groups in total. The van der Waals surface area contributed by atoms with Crippen molar-refractivity contribution in [2.75, 3.05) is 54.5 Å². The molecule has 382 valence electrons. The van der Waals surface area contributed by atoms with Crippen LogP contribution in [0.4, 0.5) is 28.4 Å². The summed E-state index contributed by atoms with van der Waals surface area (Å²) < 4.78 is 43.0. The van der Waals surface area contributed by atoms with Crippen molar-refractivity contribution in [3.8, 4) is 5.88 Å². The van der Waals surface area contributed by atoms with E-state index in [4.69, 9.17) is 14.5 Å². The van der Waals surface area contributed by atoms with Gasteiger partial charge in [0.15, 0.2) is 0 Å². The van der Waals surface area contributed by atoms with Gasteiger partial charge in [-0.25, -0.2) is 13.1 Å². The summed E-state index contributed by atoms with van der Waals surface area (Å²) in [6.45, 7) is 9.61. The molecular weight excluding hydrogens is 937 g/mol. The van der Waals surface area contributed by atoms with E-state index in [1.165, 1.54) is 23.3 Å². The molecule has 6 heterocycles. The first-order valence-corrected chi connectivity index (χ1v) is 27.2. The summed E-state index contributed by atoms with van der Waals surface area (Å²) in [4.78, 5) is 41.1. The smallest absolute Gasteiger partial charge is 0.293 e. The number of sulfonamides is 1. The van der Waals surface area contributed by atoms with Gasteiger partial charge in [0, 0.05) is 68.2 Å². The number of likely N-dealkylation sites (tertiary alicyclic amines) is 1. The van der Waals surface area contributed by atoms with Crippen LogP contribution in [0.1, 0.15) is 112 Å². The summed E-state index contributed by atoms with van der Waals surface area (Å²) in [5.74, 6) is -0.333. The minimum absolute atomic E-state index is 0.104.